The van der Waals surface area contributed by atoms with Gasteiger partial charge in [-0.05, 0) is 46.3 Å². The molecule has 1 amide bonds. The van der Waals surface area contributed by atoms with Crippen LogP contribution in [0.15, 0.2) is 52.7 Å². The highest BCUT2D eigenvalue weighted by Gasteiger charge is 2.12. The second-order valence-electron chi connectivity index (χ2n) is 3.88. The quantitative estimate of drug-likeness (QED) is 0.789. The first kappa shape index (κ1) is 13.0. The van der Waals surface area contributed by atoms with Crippen molar-refractivity contribution in [3.63, 3.8) is 0 Å². The van der Waals surface area contributed by atoms with Crippen molar-refractivity contribution in [1.29, 1.82) is 0 Å². The van der Waals surface area contributed by atoms with Gasteiger partial charge in [0.05, 0.1) is 14.4 Å². The largest absolute Gasteiger partial charge is 0.318 e. The molecule has 0 aliphatic carbocycles. The Morgan fingerprint density at radius 1 is 1.25 bits per heavy atom. The van der Waals surface area contributed by atoms with Crippen molar-refractivity contribution in [1.82, 2.24) is 14.8 Å². The summed E-state index contributed by atoms with van der Waals surface area (Å²) in [7, 11) is 0. The fourth-order valence-electron chi connectivity index (χ4n) is 1.69. The normalized spacial score (nSPS) is 10.4. The summed E-state index contributed by atoms with van der Waals surface area (Å²) in [5.74, 6) is 0.420. The Kier molecular flexibility index (Phi) is 3.62. The van der Waals surface area contributed by atoms with Crippen LogP contribution in [-0.4, -0.2) is 20.7 Å². The van der Waals surface area contributed by atoms with E-state index >= 15 is 0 Å². The van der Waals surface area contributed by atoms with E-state index in [-0.39, 0.29) is 5.91 Å². The molecule has 100 valence electrons. The van der Waals surface area contributed by atoms with E-state index in [9.17, 15) is 4.79 Å². The minimum atomic E-state index is -0.165. The lowest BCUT2D eigenvalue weighted by atomic mass is 10.3. The van der Waals surface area contributed by atoms with E-state index in [0.717, 1.165) is 3.79 Å². The van der Waals surface area contributed by atoms with E-state index in [1.54, 1.807) is 47.5 Å². The molecule has 0 saturated carbocycles. The fraction of sp³-hybridized carbons (Fsp3) is 0. The van der Waals surface area contributed by atoms with E-state index in [0.29, 0.717) is 16.4 Å². The second kappa shape index (κ2) is 5.56. The number of halogens is 1. The van der Waals surface area contributed by atoms with Crippen LogP contribution < -0.4 is 5.32 Å². The topological polar surface area (TPSA) is 59.8 Å². The Labute approximate surface area is 127 Å². The zero-order valence-electron chi connectivity index (χ0n) is 10.2. The molecule has 0 radical (unpaired) electrons. The number of nitrogens with zero attached hydrogens (tertiary/aromatic N) is 3. The molecule has 3 heterocycles. The lowest BCUT2D eigenvalue weighted by molar-refractivity contribution is 0.103. The molecule has 3 aromatic heterocycles. The van der Waals surface area contributed by atoms with E-state index in [1.807, 2.05) is 6.07 Å². The molecule has 0 atom stereocenters. The van der Waals surface area contributed by atoms with Crippen molar-refractivity contribution < 1.29 is 4.79 Å². The van der Waals surface area contributed by atoms with Gasteiger partial charge in [0.2, 0.25) is 0 Å². The van der Waals surface area contributed by atoms with Crippen molar-refractivity contribution in [2.45, 2.75) is 0 Å². The molecule has 0 aromatic carbocycles. The van der Waals surface area contributed by atoms with Gasteiger partial charge in [0.15, 0.2) is 5.82 Å². The van der Waals surface area contributed by atoms with Gasteiger partial charge in [-0.2, -0.15) is 5.10 Å². The Balaban J connectivity index is 1.90. The number of amides is 1. The maximum atomic E-state index is 12.2. The molecular weight excluding hydrogens is 340 g/mol. The molecule has 0 bridgehead atoms. The van der Waals surface area contributed by atoms with Crippen LogP contribution in [-0.2, 0) is 0 Å². The first-order chi connectivity index (χ1) is 9.74. The number of anilines is 1. The average Bonchev–Trinajstić information content (AvgIpc) is 3.10. The van der Waals surface area contributed by atoms with Crippen LogP contribution in [0.1, 0.15) is 9.67 Å². The van der Waals surface area contributed by atoms with Crippen LogP contribution >= 0.6 is 27.3 Å². The molecule has 3 aromatic rings. The Bertz CT molecular complexity index is 738. The van der Waals surface area contributed by atoms with Crippen molar-refractivity contribution >= 4 is 38.9 Å². The van der Waals surface area contributed by atoms with Crippen molar-refractivity contribution in [2.75, 3.05) is 5.32 Å². The molecule has 0 spiro atoms. The molecule has 3 rings (SSSR count). The molecule has 0 aliphatic rings. The number of hydrogen-bond acceptors (Lipinski definition) is 4. The van der Waals surface area contributed by atoms with Gasteiger partial charge in [0, 0.05) is 18.6 Å². The highest BCUT2D eigenvalue weighted by Crippen LogP contribution is 2.24. The number of aromatic nitrogens is 3. The van der Waals surface area contributed by atoms with Crippen LogP contribution in [0.4, 0.5) is 5.69 Å². The van der Waals surface area contributed by atoms with Gasteiger partial charge in [-0.25, -0.2) is 9.67 Å². The van der Waals surface area contributed by atoms with Gasteiger partial charge >= 0.3 is 0 Å². The van der Waals surface area contributed by atoms with Crippen LogP contribution in [0.3, 0.4) is 0 Å². The fourth-order valence-corrected chi connectivity index (χ4v) is 2.97. The third-order valence-corrected chi connectivity index (χ3v) is 4.18. The number of hydrogen-bond donors (Lipinski definition) is 1. The lowest BCUT2D eigenvalue weighted by Crippen LogP contribution is -2.13. The summed E-state index contributed by atoms with van der Waals surface area (Å²) in [6, 6.07) is 8.99. The third-order valence-electron chi connectivity index (χ3n) is 2.55. The predicted molar refractivity (Wildman–Crippen MR) is 81.3 cm³/mol. The molecular formula is C13H9BrN4OS. The molecule has 7 heteroatoms. The van der Waals surface area contributed by atoms with Gasteiger partial charge in [-0.1, -0.05) is 0 Å². The van der Waals surface area contributed by atoms with E-state index in [2.05, 4.69) is 31.3 Å². The number of nitrogens with one attached hydrogen (secondary N) is 1. The minimum absolute atomic E-state index is 0.165. The zero-order valence-corrected chi connectivity index (χ0v) is 12.6. The number of carbonyl (C=O) groups is 1. The maximum absolute atomic E-state index is 12.2. The first-order valence-corrected chi connectivity index (χ1v) is 7.37. The summed E-state index contributed by atoms with van der Waals surface area (Å²) in [5, 5.41) is 6.98. The lowest BCUT2D eigenvalue weighted by Gasteiger charge is -2.08. The molecule has 1 N–H and O–H groups in total. The maximum Gasteiger partial charge on any atom is 0.265 e. The number of pyridine rings is 1. The third kappa shape index (κ3) is 2.63. The van der Waals surface area contributed by atoms with E-state index in [4.69, 9.17) is 0 Å². The smallest absolute Gasteiger partial charge is 0.265 e. The summed E-state index contributed by atoms with van der Waals surface area (Å²) in [5.41, 5.74) is 0.616. The summed E-state index contributed by atoms with van der Waals surface area (Å²) < 4.78 is 2.53. The summed E-state index contributed by atoms with van der Waals surface area (Å²) in [6.07, 6.45) is 5.10. The van der Waals surface area contributed by atoms with Gasteiger partial charge in [0.1, 0.15) is 0 Å². The Hall–Kier alpha value is -1.99. The average molecular weight is 349 g/mol. The molecule has 20 heavy (non-hydrogen) atoms. The van der Waals surface area contributed by atoms with Crippen LogP contribution in [0.5, 0.6) is 0 Å². The minimum Gasteiger partial charge on any atom is -0.318 e. The second-order valence-corrected chi connectivity index (χ2v) is 6.35. The van der Waals surface area contributed by atoms with Gasteiger partial charge < -0.3 is 5.32 Å². The van der Waals surface area contributed by atoms with Crippen LogP contribution in [0, 0.1) is 0 Å². The molecule has 5 nitrogen and oxygen atoms in total. The predicted octanol–water partition coefficient (Wildman–Crippen LogP) is 3.34. The molecule has 0 saturated heterocycles. The van der Waals surface area contributed by atoms with Crippen molar-refractivity contribution in [3.8, 4) is 5.82 Å². The molecule has 0 aliphatic heterocycles. The zero-order chi connectivity index (χ0) is 13.9. The SMILES string of the molecule is O=C(Nc1cccnc1-n1cccn1)c1ccc(Br)s1. The molecule has 0 fully saturated rings. The number of rotatable bonds is 3. The van der Waals surface area contributed by atoms with Crippen molar-refractivity contribution in [3.05, 3.63) is 57.6 Å². The highest BCUT2D eigenvalue weighted by atomic mass is 79.9. The van der Waals surface area contributed by atoms with Gasteiger partial charge in [-0.15, -0.1) is 11.3 Å². The number of thiophene rings is 1. The van der Waals surface area contributed by atoms with Gasteiger partial charge in [0.25, 0.3) is 5.91 Å². The summed E-state index contributed by atoms with van der Waals surface area (Å²) >= 11 is 4.72. The molecule has 0 unspecified atom stereocenters. The Morgan fingerprint density at radius 2 is 2.15 bits per heavy atom. The first-order valence-electron chi connectivity index (χ1n) is 5.76. The van der Waals surface area contributed by atoms with Gasteiger partial charge in [-0.3, -0.25) is 4.79 Å². The monoisotopic (exact) mass is 348 g/mol. The van der Waals surface area contributed by atoms with E-state index < -0.39 is 0 Å². The summed E-state index contributed by atoms with van der Waals surface area (Å²) in [4.78, 5) is 17.1. The highest BCUT2D eigenvalue weighted by molar-refractivity contribution is 9.11. The Morgan fingerprint density at radius 3 is 2.85 bits per heavy atom. The number of carbonyl (C=O) groups excluding carboxylic acids is 1. The van der Waals surface area contributed by atoms with Crippen LogP contribution in [0.25, 0.3) is 5.82 Å². The standard InChI is InChI=1S/C13H9BrN4OS/c14-11-5-4-10(20-11)13(19)17-9-3-1-6-15-12(9)18-8-2-7-16-18/h1-8H,(H,17,19). The van der Waals surface area contributed by atoms with E-state index in [1.165, 1.54) is 11.3 Å². The van der Waals surface area contributed by atoms with Crippen LogP contribution in [0.2, 0.25) is 0 Å². The van der Waals surface area contributed by atoms with Crippen molar-refractivity contribution in [2.24, 2.45) is 0 Å². The summed E-state index contributed by atoms with van der Waals surface area (Å²) in [6.45, 7) is 0.